The van der Waals surface area contributed by atoms with E-state index in [1.54, 1.807) is 24.3 Å². The van der Waals surface area contributed by atoms with Gasteiger partial charge in [0.25, 0.3) is 0 Å². The molecule has 0 bridgehead atoms. The molecule has 3 heteroatoms. The van der Waals surface area contributed by atoms with Gasteiger partial charge in [0.2, 0.25) is 0 Å². The molecule has 3 rings (SSSR count). The second-order valence-corrected chi connectivity index (χ2v) is 6.06. The van der Waals surface area contributed by atoms with Crippen molar-refractivity contribution in [3.8, 4) is 5.75 Å². The summed E-state index contributed by atoms with van der Waals surface area (Å²) in [7, 11) is 0. The SMILES string of the molecule is Oc1ccc(N=C([Se])c2ccccc2Cc2ccccc2)cc1. The normalized spacial score (nSPS) is 11.4. The summed E-state index contributed by atoms with van der Waals surface area (Å²) in [6, 6.07) is 25.6. The van der Waals surface area contributed by atoms with Gasteiger partial charge in [0, 0.05) is 0 Å². The number of phenolic OH excluding ortho intramolecular Hbond substituents is 1. The third-order valence-electron chi connectivity index (χ3n) is 3.57. The van der Waals surface area contributed by atoms with Crippen LogP contribution in [0.5, 0.6) is 5.75 Å². The van der Waals surface area contributed by atoms with Gasteiger partial charge in [-0.25, -0.2) is 0 Å². The van der Waals surface area contributed by atoms with Crippen LogP contribution in [0.4, 0.5) is 5.69 Å². The minimum atomic E-state index is 0.245. The Labute approximate surface area is 144 Å². The van der Waals surface area contributed by atoms with Crippen molar-refractivity contribution in [2.75, 3.05) is 0 Å². The molecule has 0 heterocycles. The first kappa shape index (κ1) is 15.5. The van der Waals surface area contributed by atoms with Crippen molar-refractivity contribution >= 4 is 26.3 Å². The van der Waals surface area contributed by atoms with Gasteiger partial charge in [0.15, 0.2) is 0 Å². The predicted octanol–water partition coefficient (Wildman–Crippen LogP) is 4.23. The molecule has 1 radical (unpaired) electrons. The van der Waals surface area contributed by atoms with E-state index in [4.69, 9.17) is 0 Å². The summed E-state index contributed by atoms with van der Waals surface area (Å²) in [5, 5.41) is 9.36. The molecule has 0 unspecified atom stereocenters. The molecule has 0 saturated carbocycles. The van der Waals surface area contributed by atoms with Crippen molar-refractivity contribution in [2.45, 2.75) is 6.42 Å². The average Bonchev–Trinajstić information content (AvgIpc) is 2.58. The Kier molecular flexibility index (Phi) is 4.92. The van der Waals surface area contributed by atoms with Crippen molar-refractivity contribution in [2.24, 2.45) is 4.99 Å². The van der Waals surface area contributed by atoms with Crippen LogP contribution in [0.2, 0.25) is 0 Å². The Balaban J connectivity index is 1.91. The Morgan fingerprint density at radius 1 is 0.826 bits per heavy atom. The van der Waals surface area contributed by atoms with E-state index in [0.717, 1.165) is 22.3 Å². The monoisotopic (exact) mass is 366 g/mol. The second kappa shape index (κ2) is 7.28. The van der Waals surface area contributed by atoms with Crippen molar-refractivity contribution in [3.63, 3.8) is 0 Å². The Morgan fingerprint density at radius 2 is 1.48 bits per heavy atom. The summed E-state index contributed by atoms with van der Waals surface area (Å²) in [5.74, 6) is 0.245. The average molecular weight is 365 g/mol. The van der Waals surface area contributed by atoms with Crippen LogP contribution in [0.3, 0.4) is 0 Å². The summed E-state index contributed by atoms with van der Waals surface area (Å²) in [6.45, 7) is 0. The fourth-order valence-corrected chi connectivity index (χ4v) is 3.04. The Morgan fingerprint density at radius 3 is 2.22 bits per heavy atom. The molecule has 1 N–H and O–H groups in total. The van der Waals surface area contributed by atoms with E-state index in [2.05, 4.69) is 63.5 Å². The number of phenols is 1. The van der Waals surface area contributed by atoms with Crippen molar-refractivity contribution < 1.29 is 5.11 Å². The van der Waals surface area contributed by atoms with Gasteiger partial charge >= 0.3 is 144 Å². The summed E-state index contributed by atoms with van der Waals surface area (Å²) in [5.41, 5.74) is 4.42. The molecule has 0 atom stereocenters. The van der Waals surface area contributed by atoms with Crippen LogP contribution in [0.1, 0.15) is 16.7 Å². The van der Waals surface area contributed by atoms with E-state index in [1.165, 1.54) is 11.1 Å². The van der Waals surface area contributed by atoms with E-state index < -0.39 is 0 Å². The molecule has 0 aliphatic heterocycles. The molecule has 0 saturated heterocycles. The zero-order chi connectivity index (χ0) is 16.1. The minimum absolute atomic E-state index is 0.245. The van der Waals surface area contributed by atoms with Crippen LogP contribution in [-0.2, 0) is 6.42 Å². The molecule has 0 aromatic heterocycles. The molecule has 3 aromatic rings. The van der Waals surface area contributed by atoms with E-state index >= 15 is 0 Å². The zero-order valence-corrected chi connectivity index (χ0v) is 14.2. The van der Waals surface area contributed by atoms with Gasteiger partial charge < -0.3 is 0 Å². The van der Waals surface area contributed by atoms with Crippen LogP contribution < -0.4 is 0 Å². The maximum atomic E-state index is 9.36. The van der Waals surface area contributed by atoms with Crippen LogP contribution in [0.15, 0.2) is 83.9 Å². The van der Waals surface area contributed by atoms with E-state index in [0.29, 0.717) is 0 Å². The van der Waals surface area contributed by atoms with Gasteiger partial charge in [-0.2, -0.15) is 0 Å². The zero-order valence-electron chi connectivity index (χ0n) is 12.5. The fraction of sp³-hybridized carbons (Fsp3) is 0.0500. The third kappa shape index (κ3) is 4.10. The molecule has 0 amide bonds. The maximum absolute atomic E-state index is 9.36. The molecule has 0 fully saturated rings. The van der Waals surface area contributed by atoms with Gasteiger partial charge in [-0.1, -0.05) is 0 Å². The quantitative estimate of drug-likeness (QED) is 0.545. The second-order valence-electron chi connectivity index (χ2n) is 5.25. The molecule has 113 valence electrons. The molecule has 0 aliphatic rings. The van der Waals surface area contributed by atoms with Crippen LogP contribution in [0, 0.1) is 0 Å². The van der Waals surface area contributed by atoms with E-state index in [1.807, 2.05) is 12.1 Å². The summed E-state index contributed by atoms with van der Waals surface area (Å²) >= 11 is 3.07. The standard InChI is InChI=1S/C20H16NOSe/c22-18-12-10-17(11-13-18)21-20(23)19-9-5-4-8-16(19)14-15-6-2-1-3-7-15/h1-13,22H,14H2. The Hall–Kier alpha value is -2.35. The molecule has 3 aromatic carbocycles. The molecular weight excluding hydrogens is 349 g/mol. The van der Waals surface area contributed by atoms with Crippen molar-refractivity contribution in [1.82, 2.24) is 0 Å². The number of aliphatic imine (C=N–C) groups is 1. The molecule has 0 aliphatic carbocycles. The summed E-state index contributed by atoms with van der Waals surface area (Å²) in [6.07, 6.45) is 0.868. The van der Waals surface area contributed by atoms with Crippen LogP contribution in [0.25, 0.3) is 0 Å². The molecule has 0 spiro atoms. The van der Waals surface area contributed by atoms with Gasteiger partial charge in [-0.15, -0.1) is 0 Å². The van der Waals surface area contributed by atoms with E-state index in [9.17, 15) is 5.11 Å². The third-order valence-corrected chi connectivity index (χ3v) is 4.22. The van der Waals surface area contributed by atoms with Gasteiger partial charge in [-0.3, -0.25) is 0 Å². The fourth-order valence-electron chi connectivity index (χ4n) is 2.40. The van der Waals surface area contributed by atoms with E-state index in [-0.39, 0.29) is 5.75 Å². The first-order chi connectivity index (χ1) is 11.2. The number of benzene rings is 3. The van der Waals surface area contributed by atoms with Crippen molar-refractivity contribution in [3.05, 3.63) is 95.6 Å². The van der Waals surface area contributed by atoms with Crippen molar-refractivity contribution in [1.29, 1.82) is 0 Å². The van der Waals surface area contributed by atoms with Gasteiger partial charge in [0.1, 0.15) is 0 Å². The van der Waals surface area contributed by atoms with Gasteiger partial charge in [-0.05, 0) is 0 Å². The number of rotatable bonds is 4. The molecule has 23 heavy (non-hydrogen) atoms. The summed E-state index contributed by atoms with van der Waals surface area (Å²) in [4.78, 5) is 4.62. The molecule has 2 nitrogen and oxygen atoms in total. The van der Waals surface area contributed by atoms with Crippen LogP contribution in [-0.4, -0.2) is 25.7 Å². The molecular formula is C20H16NOSe. The first-order valence-corrected chi connectivity index (χ1v) is 8.25. The Bertz CT molecular complexity index is 811. The van der Waals surface area contributed by atoms with Gasteiger partial charge in [0.05, 0.1) is 0 Å². The number of aromatic hydroxyl groups is 1. The number of nitrogens with zero attached hydrogens (tertiary/aromatic N) is 1. The first-order valence-electron chi connectivity index (χ1n) is 7.39. The number of hydrogen-bond donors (Lipinski definition) is 1. The van der Waals surface area contributed by atoms with Crippen LogP contribution >= 0.6 is 0 Å². The topological polar surface area (TPSA) is 32.6 Å². The number of hydrogen-bond acceptors (Lipinski definition) is 2. The predicted molar refractivity (Wildman–Crippen MR) is 95.7 cm³/mol. The summed E-state index contributed by atoms with van der Waals surface area (Å²) < 4.78 is 0.849.